The van der Waals surface area contributed by atoms with Crippen molar-refractivity contribution in [3.05, 3.63) is 59.7 Å². The molecule has 0 aromatic heterocycles. The fraction of sp³-hybridized carbons (Fsp3) is 0.125. The number of aryl methyl sites for hydroxylation is 2. The number of hydroxylamine groups is 2. The van der Waals surface area contributed by atoms with Crippen molar-refractivity contribution in [1.82, 2.24) is 11.0 Å². The Bertz CT molecular complexity index is 657. The van der Waals surface area contributed by atoms with Gasteiger partial charge in [-0.2, -0.15) is 0 Å². The summed E-state index contributed by atoms with van der Waals surface area (Å²) in [4.78, 5) is 7.93. The lowest BCUT2D eigenvalue weighted by Gasteiger charge is -2.04. The molecule has 0 aliphatic carbocycles. The molecule has 0 heterocycles. The van der Waals surface area contributed by atoms with Crippen molar-refractivity contribution in [1.29, 1.82) is 0 Å². The molecule has 10 heteroatoms. The zero-order valence-corrected chi connectivity index (χ0v) is 15.4. The molecular weight excluding hydrogens is 379 g/mol. The van der Waals surface area contributed by atoms with Crippen LogP contribution in [0.25, 0.3) is 0 Å². The first-order valence-corrected chi connectivity index (χ1v) is 7.27. The van der Waals surface area contributed by atoms with E-state index >= 15 is 0 Å². The first-order valence-electron chi connectivity index (χ1n) is 7.27. The summed E-state index contributed by atoms with van der Waals surface area (Å²) in [6.07, 6.45) is 1.75. The highest BCUT2D eigenvalue weighted by molar-refractivity contribution is 5.85. The predicted octanol–water partition coefficient (Wildman–Crippen LogP) is 2.17. The second kappa shape index (κ2) is 11.9. The second-order valence-electron chi connectivity index (χ2n) is 5.05. The number of halogens is 2. The van der Waals surface area contributed by atoms with Crippen molar-refractivity contribution < 1.29 is 10.4 Å². The first-order chi connectivity index (χ1) is 11.6. The Hall–Kier alpha value is -2.52. The van der Waals surface area contributed by atoms with Crippen LogP contribution in [0.15, 0.2) is 58.5 Å². The van der Waals surface area contributed by atoms with Crippen molar-refractivity contribution in [3.8, 4) is 0 Å². The Morgan fingerprint density at radius 3 is 1.27 bits per heavy atom. The number of hydrogen-bond acceptors (Lipinski definition) is 4. The van der Waals surface area contributed by atoms with E-state index in [0.717, 1.165) is 12.8 Å². The largest absolute Gasteiger partial charge is 0.368 e. The van der Waals surface area contributed by atoms with Crippen LogP contribution in [0.1, 0.15) is 11.1 Å². The molecule has 2 rings (SSSR count). The number of guanidine groups is 2. The monoisotopic (exact) mass is 400 g/mol. The molecule has 0 radical (unpaired) electrons. The lowest BCUT2D eigenvalue weighted by molar-refractivity contribution is 0.233. The summed E-state index contributed by atoms with van der Waals surface area (Å²) in [5.74, 6) is -0.106. The van der Waals surface area contributed by atoms with E-state index < -0.39 is 0 Å². The number of hydrogen-bond donors (Lipinski definition) is 6. The zero-order chi connectivity index (χ0) is 17.4. The van der Waals surface area contributed by atoms with Gasteiger partial charge in [-0.1, -0.05) is 24.3 Å². The third kappa shape index (κ3) is 7.58. The SMILES string of the molecule is Cl.Cl.NC(=Nc1ccc(CCc2ccc(N=C(N)NO)cc2)cc1)NO. The zero-order valence-electron chi connectivity index (χ0n) is 13.8. The van der Waals surface area contributed by atoms with Crippen LogP contribution in [-0.2, 0) is 12.8 Å². The molecule has 0 spiro atoms. The minimum absolute atomic E-state index is 0. The number of benzene rings is 2. The molecular formula is C16H22Cl2N6O2. The average Bonchev–Trinajstić information content (AvgIpc) is 2.62. The van der Waals surface area contributed by atoms with E-state index in [9.17, 15) is 0 Å². The fourth-order valence-electron chi connectivity index (χ4n) is 2.09. The number of rotatable bonds is 5. The van der Waals surface area contributed by atoms with Crippen LogP contribution in [0, 0.1) is 0 Å². The third-order valence-electron chi connectivity index (χ3n) is 3.30. The quantitative estimate of drug-likeness (QED) is 0.258. The van der Waals surface area contributed by atoms with E-state index in [4.69, 9.17) is 21.9 Å². The van der Waals surface area contributed by atoms with E-state index in [2.05, 4.69) is 9.98 Å². The van der Waals surface area contributed by atoms with Crippen LogP contribution in [0.2, 0.25) is 0 Å². The van der Waals surface area contributed by atoms with Gasteiger partial charge in [-0.3, -0.25) is 10.4 Å². The topological polar surface area (TPSA) is 141 Å². The summed E-state index contributed by atoms with van der Waals surface area (Å²) in [7, 11) is 0. The molecule has 2 aromatic carbocycles. The summed E-state index contributed by atoms with van der Waals surface area (Å²) in [6, 6.07) is 15.2. The van der Waals surface area contributed by atoms with Crippen LogP contribution < -0.4 is 22.4 Å². The number of nitrogens with two attached hydrogens (primary N) is 2. The van der Waals surface area contributed by atoms with Crippen LogP contribution in [-0.4, -0.2) is 22.3 Å². The molecule has 0 bridgehead atoms. The maximum absolute atomic E-state index is 8.61. The molecule has 8 N–H and O–H groups in total. The maximum atomic E-state index is 8.61. The number of aliphatic imine (C=N–C) groups is 2. The van der Waals surface area contributed by atoms with Gasteiger partial charge in [0.05, 0.1) is 11.4 Å². The summed E-state index contributed by atoms with van der Waals surface area (Å²) in [6.45, 7) is 0. The molecule has 26 heavy (non-hydrogen) atoms. The Morgan fingerprint density at radius 2 is 1.00 bits per heavy atom. The van der Waals surface area contributed by atoms with Crippen molar-refractivity contribution in [2.24, 2.45) is 21.5 Å². The predicted molar refractivity (Wildman–Crippen MR) is 107 cm³/mol. The highest BCUT2D eigenvalue weighted by Gasteiger charge is 1.99. The van der Waals surface area contributed by atoms with Crippen molar-refractivity contribution in [2.75, 3.05) is 0 Å². The molecule has 2 aromatic rings. The Kier molecular flexibility index (Phi) is 10.8. The van der Waals surface area contributed by atoms with Gasteiger partial charge in [0.25, 0.3) is 0 Å². The van der Waals surface area contributed by atoms with Gasteiger partial charge >= 0.3 is 0 Å². The molecule has 0 saturated heterocycles. The van der Waals surface area contributed by atoms with Crippen molar-refractivity contribution in [2.45, 2.75) is 12.8 Å². The van der Waals surface area contributed by atoms with Crippen LogP contribution in [0.3, 0.4) is 0 Å². The second-order valence-corrected chi connectivity index (χ2v) is 5.05. The lowest BCUT2D eigenvalue weighted by Crippen LogP contribution is -2.27. The fourth-order valence-corrected chi connectivity index (χ4v) is 2.09. The van der Waals surface area contributed by atoms with E-state index in [1.807, 2.05) is 48.5 Å². The number of nitrogens with zero attached hydrogens (tertiary/aromatic N) is 2. The first kappa shape index (κ1) is 23.5. The summed E-state index contributed by atoms with van der Waals surface area (Å²) < 4.78 is 0. The molecule has 0 unspecified atom stereocenters. The van der Waals surface area contributed by atoms with Gasteiger partial charge in [0.15, 0.2) is 0 Å². The number of nitrogens with one attached hydrogen (secondary N) is 2. The van der Waals surface area contributed by atoms with E-state index in [-0.39, 0.29) is 36.7 Å². The third-order valence-corrected chi connectivity index (χ3v) is 3.30. The molecule has 0 fully saturated rings. The molecule has 8 nitrogen and oxygen atoms in total. The highest BCUT2D eigenvalue weighted by Crippen LogP contribution is 2.17. The summed E-state index contributed by atoms with van der Waals surface area (Å²) in [5, 5.41) is 17.2. The Morgan fingerprint density at radius 1 is 0.692 bits per heavy atom. The molecule has 0 saturated carbocycles. The average molecular weight is 401 g/mol. The van der Waals surface area contributed by atoms with Crippen LogP contribution >= 0.6 is 24.8 Å². The van der Waals surface area contributed by atoms with Gasteiger partial charge in [0.2, 0.25) is 11.9 Å². The standard InChI is InChI=1S/C16H20N6O2.2ClH/c17-15(21-23)19-13-7-3-11(4-8-13)1-2-12-5-9-14(10-6-12)20-16(18)22-24;;/h3-10,23-24H,1-2H2,(H3,17,19,21)(H3,18,20,22);2*1H. The van der Waals surface area contributed by atoms with Crippen LogP contribution in [0.4, 0.5) is 11.4 Å². The van der Waals surface area contributed by atoms with Crippen LogP contribution in [0.5, 0.6) is 0 Å². The Balaban J connectivity index is 0.00000312. The molecule has 142 valence electrons. The summed E-state index contributed by atoms with van der Waals surface area (Å²) in [5.41, 5.74) is 18.0. The highest BCUT2D eigenvalue weighted by atomic mass is 35.5. The van der Waals surface area contributed by atoms with Gasteiger partial charge in [0.1, 0.15) is 0 Å². The van der Waals surface area contributed by atoms with Gasteiger partial charge in [-0.15, -0.1) is 24.8 Å². The van der Waals surface area contributed by atoms with E-state index in [1.165, 1.54) is 11.1 Å². The van der Waals surface area contributed by atoms with E-state index in [1.54, 1.807) is 11.0 Å². The van der Waals surface area contributed by atoms with Gasteiger partial charge in [-0.25, -0.2) is 20.9 Å². The van der Waals surface area contributed by atoms with Crippen molar-refractivity contribution >= 4 is 48.1 Å². The Labute approximate surface area is 163 Å². The minimum atomic E-state index is -0.0532. The van der Waals surface area contributed by atoms with Gasteiger partial charge in [0, 0.05) is 0 Å². The lowest BCUT2D eigenvalue weighted by atomic mass is 10.0. The summed E-state index contributed by atoms with van der Waals surface area (Å²) >= 11 is 0. The normalized spacial score (nSPS) is 11.2. The molecule has 0 amide bonds. The molecule has 0 aliphatic heterocycles. The molecule has 0 aliphatic rings. The van der Waals surface area contributed by atoms with Gasteiger partial charge < -0.3 is 11.5 Å². The van der Waals surface area contributed by atoms with E-state index in [0.29, 0.717) is 11.4 Å². The maximum Gasteiger partial charge on any atom is 0.218 e. The minimum Gasteiger partial charge on any atom is -0.368 e. The molecule has 0 atom stereocenters. The smallest absolute Gasteiger partial charge is 0.218 e. The van der Waals surface area contributed by atoms with Gasteiger partial charge in [-0.05, 0) is 48.2 Å². The van der Waals surface area contributed by atoms with Crippen molar-refractivity contribution in [3.63, 3.8) is 0 Å².